The van der Waals surface area contributed by atoms with Gasteiger partial charge in [-0.25, -0.2) is 0 Å². The van der Waals surface area contributed by atoms with Crippen molar-refractivity contribution >= 4 is 10.9 Å². The smallest absolute Gasteiger partial charge is 0.0841 e. The molecule has 0 atom stereocenters. The lowest BCUT2D eigenvalue weighted by Crippen LogP contribution is -2.47. The molecule has 0 radical (unpaired) electrons. The van der Waals surface area contributed by atoms with E-state index >= 15 is 0 Å². The second-order valence-corrected chi connectivity index (χ2v) is 5.69. The Morgan fingerprint density at radius 3 is 2.84 bits per heavy atom. The average molecular weight is 259 g/mol. The van der Waals surface area contributed by atoms with E-state index in [1.165, 1.54) is 10.9 Å². The van der Waals surface area contributed by atoms with Crippen LogP contribution >= 0.6 is 0 Å². The summed E-state index contributed by atoms with van der Waals surface area (Å²) in [5.74, 6) is 0. The molecule has 0 saturated carbocycles. The van der Waals surface area contributed by atoms with Crippen molar-refractivity contribution in [1.29, 1.82) is 0 Å². The topological polar surface area (TPSA) is 39.1 Å². The molecule has 0 amide bonds. The van der Waals surface area contributed by atoms with E-state index in [2.05, 4.69) is 48.1 Å². The molecule has 2 heterocycles. The minimum Gasteiger partial charge on any atom is -0.380 e. The molecule has 1 N–H and O–H groups in total. The van der Waals surface area contributed by atoms with Crippen molar-refractivity contribution in [2.24, 2.45) is 5.41 Å². The maximum atomic E-state index is 5.27. The van der Waals surface area contributed by atoms with Gasteiger partial charge in [0.15, 0.2) is 0 Å². The van der Waals surface area contributed by atoms with Crippen molar-refractivity contribution < 1.29 is 4.74 Å². The molecule has 0 bridgehead atoms. The molecule has 0 unspecified atom stereocenters. The summed E-state index contributed by atoms with van der Waals surface area (Å²) in [6, 6.07) is 8.44. The highest BCUT2D eigenvalue weighted by atomic mass is 16.5. The Morgan fingerprint density at radius 1 is 1.37 bits per heavy atom. The highest BCUT2D eigenvalue weighted by Gasteiger charge is 2.32. The van der Waals surface area contributed by atoms with Crippen LogP contribution in [0.15, 0.2) is 24.3 Å². The maximum absolute atomic E-state index is 5.27. The number of benzene rings is 1. The number of aryl methyl sites for hydroxylation is 1. The van der Waals surface area contributed by atoms with E-state index in [0.29, 0.717) is 5.41 Å². The summed E-state index contributed by atoms with van der Waals surface area (Å²) in [5.41, 5.74) is 2.67. The van der Waals surface area contributed by atoms with Crippen molar-refractivity contribution in [2.45, 2.75) is 26.9 Å². The molecule has 1 aliphatic heterocycles. The number of nitrogens with one attached hydrogen (secondary N) is 1. The van der Waals surface area contributed by atoms with E-state index in [9.17, 15) is 0 Å². The number of fused-ring (bicyclic) bond motifs is 1. The van der Waals surface area contributed by atoms with Crippen molar-refractivity contribution in [3.05, 3.63) is 30.0 Å². The molecule has 3 rings (SSSR count). The van der Waals surface area contributed by atoms with Crippen LogP contribution in [0.2, 0.25) is 0 Å². The van der Waals surface area contributed by atoms with Crippen molar-refractivity contribution in [1.82, 2.24) is 15.1 Å². The van der Waals surface area contributed by atoms with Crippen LogP contribution in [0.5, 0.6) is 0 Å². The highest BCUT2D eigenvalue weighted by molar-refractivity contribution is 5.81. The highest BCUT2D eigenvalue weighted by Crippen LogP contribution is 2.25. The molecule has 102 valence electrons. The number of aromatic nitrogens is 2. The largest absolute Gasteiger partial charge is 0.380 e. The maximum Gasteiger partial charge on any atom is 0.0841 e. The lowest BCUT2D eigenvalue weighted by atomic mass is 9.89. The van der Waals surface area contributed by atoms with Gasteiger partial charge in [-0.1, -0.05) is 25.1 Å². The predicted molar refractivity (Wildman–Crippen MR) is 76.0 cm³/mol. The SMILES string of the molecule is CCn1nc(CNCC2(C)COC2)c2ccccc21. The van der Waals surface area contributed by atoms with Crippen molar-refractivity contribution in [3.63, 3.8) is 0 Å². The fraction of sp³-hybridized carbons (Fsp3) is 0.533. The Bertz CT molecular complexity index is 572. The first-order valence-corrected chi connectivity index (χ1v) is 6.95. The molecule has 1 aliphatic rings. The van der Waals surface area contributed by atoms with Gasteiger partial charge in [-0.2, -0.15) is 5.10 Å². The average Bonchev–Trinajstić information content (AvgIpc) is 2.75. The molecule has 4 nitrogen and oxygen atoms in total. The van der Waals surface area contributed by atoms with Gasteiger partial charge in [0, 0.05) is 30.4 Å². The van der Waals surface area contributed by atoms with Gasteiger partial charge < -0.3 is 10.1 Å². The summed E-state index contributed by atoms with van der Waals surface area (Å²) < 4.78 is 7.34. The molecule has 19 heavy (non-hydrogen) atoms. The first-order chi connectivity index (χ1) is 9.22. The molecule has 1 aromatic heterocycles. The fourth-order valence-corrected chi connectivity index (χ4v) is 2.60. The lowest BCUT2D eigenvalue weighted by molar-refractivity contribution is -0.0991. The van der Waals surface area contributed by atoms with Gasteiger partial charge in [0.05, 0.1) is 24.4 Å². The monoisotopic (exact) mass is 259 g/mol. The summed E-state index contributed by atoms with van der Waals surface area (Å²) in [6.45, 7) is 8.83. The van der Waals surface area contributed by atoms with Gasteiger partial charge in [-0.15, -0.1) is 0 Å². The van der Waals surface area contributed by atoms with Crippen molar-refractivity contribution in [2.75, 3.05) is 19.8 Å². The Morgan fingerprint density at radius 2 is 2.16 bits per heavy atom. The zero-order chi connectivity index (χ0) is 13.3. The third kappa shape index (κ3) is 2.38. The molecule has 0 aliphatic carbocycles. The van der Waals surface area contributed by atoms with Gasteiger partial charge in [0.25, 0.3) is 0 Å². The molecular formula is C15H21N3O. The van der Waals surface area contributed by atoms with E-state index < -0.39 is 0 Å². The number of rotatable bonds is 5. The fourth-order valence-electron chi connectivity index (χ4n) is 2.60. The van der Waals surface area contributed by atoms with Crippen LogP contribution in [0.4, 0.5) is 0 Å². The number of ether oxygens (including phenoxy) is 1. The van der Waals surface area contributed by atoms with Crippen LogP contribution in [0.3, 0.4) is 0 Å². The van der Waals surface area contributed by atoms with Gasteiger partial charge >= 0.3 is 0 Å². The minimum atomic E-state index is 0.309. The zero-order valence-electron chi connectivity index (χ0n) is 11.6. The number of hydrogen-bond donors (Lipinski definition) is 1. The molecular weight excluding hydrogens is 238 g/mol. The standard InChI is InChI=1S/C15H21N3O/c1-3-18-14-7-5-4-6-12(14)13(17-18)8-16-9-15(2)10-19-11-15/h4-7,16H,3,8-11H2,1-2H3. The van der Waals surface area contributed by atoms with E-state index in [4.69, 9.17) is 9.84 Å². The molecule has 0 spiro atoms. The second-order valence-electron chi connectivity index (χ2n) is 5.69. The Kier molecular flexibility index (Phi) is 3.29. The molecule has 1 aromatic carbocycles. The van der Waals surface area contributed by atoms with Gasteiger partial charge in [0.1, 0.15) is 0 Å². The number of para-hydroxylation sites is 1. The Labute approximate surface area is 113 Å². The van der Waals surface area contributed by atoms with E-state index in [1.807, 2.05) is 0 Å². The second kappa shape index (κ2) is 4.94. The third-order valence-electron chi connectivity index (χ3n) is 3.78. The summed E-state index contributed by atoms with van der Waals surface area (Å²) in [6.07, 6.45) is 0. The normalized spacial score (nSPS) is 17.6. The first-order valence-electron chi connectivity index (χ1n) is 6.95. The summed E-state index contributed by atoms with van der Waals surface area (Å²) in [4.78, 5) is 0. The van der Waals surface area contributed by atoms with Gasteiger partial charge in [0.2, 0.25) is 0 Å². The minimum absolute atomic E-state index is 0.309. The Balaban J connectivity index is 1.73. The molecule has 1 saturated heterocycles. The van der Waals surface area contributed by atoms with Gasteiger partial charge in [-0.05, 0) is 13.0 Å². The number of nitrogens with zero attached hydrogens (tertiary/aromatic N) is 2. The van der Waals surface area contributed by atoms with Crippen molar-refractivity contribution in [3.8, 4) is 0 Å². The molecule has 4 heteroatoms. The Hall–Kier alpha value is -1.39. The van der Waals surface area contributed by atoms with Crippen LogP contribution in [0.25, 0.3) is 10.9 Å². The van der Waals surface area contributed by atoms with E-state index in [1.54, 1.807) is 0 Å². The van der Waals surface area contributed by atoms with E-state index in [0.717, 1.165) is 38.5 Å². The van der Waals surface area contributed by atoms with Crippen LogP contribution in [-0.2, 0) is 17.8 Å². The van der Waals surface area contributed by atoms with Crippen LogP contribution < -0.4 is 5.32 Å². The first kappa shape index (κ1) is 12.6. The summed E-state index contributed by atoms with van der Waals surface area (Å²) >= 11 is 0. The molecule has 1 fully saturated rings. The summed E-state index contributed by atoms with van der Waals surface area (Å²) in [7, 11) is 0. The zero-order valence-corrected chi connectivity index (χ0v) is 11.6. The predicted octanol–water partition coefficient (Wildman–Crippen LogP) is 2.18. The molecule has 2 aromatic rings. The third-order valence-corrected chi connectivity index (χ3v) is 3.78. The van der Waals surface area contributed by atoms with E-state index in [-0.39, 0.29) is 0 Å². The lowest BCUT2D eigenvalue weighted by Gasteiger charge is -2.38. The van der Waals surface area contributed by atoms with Crippen LogP contribution in [0, 0.1) is 5.41 Å². The van der Waals surface area contributed by atoms with Crippen LogP contribution in [-0.4, -0.2) is 29.5 Å². The summed E-state index contributed by atoms with van der Waals surface area (Å²) in [5, 5.41) is 9.47. The van der Waals surface area contributed by atoms with Gasteiger partial charge in [-0.3, -0.25) is 4.68 Å². The van der Waals surface area contributed by atoms with Crippen LogP contribution in [0.1, 0.15) is 19.5 Å². The quantitative estimate of drug-likeness (QED) is 0.894. The number of hydrogen-bond acceptors (Lipinski definition) is 3.